The number of carbonyl (C=O) groups excluding carboxylic acids is 10. The van der Waals surface area contributed by atoms with Gasteiger partial charge in [0.1, 0.15) is 80.8 Å². The fourth-order valence-corrected chi connectivity index (χ4v) is 3.30. The van der Waals surface area contributed by atoms with Gasteiger partial charge in [0.2, 0.25) is 0 Å². The zero-order valence-corrected chi connectivity index (χ0v) is 48.1. The van der Waals surface area contributed by atoms with E-state index < -0.39 is 121 Å². The van der Waals surface area contributed by atoms with Crippen LogP contribution in [0.1, 0.15) is 129 Å². The number of hydrogen-bond donors (Lipinski definition) is 16. The van der Waals surface area contributed by atoms with E-state index in [1.54, 1.807) is 6.92 Å². The summed E-state index contributed by atoms with van der Waals surface area (Å²) in [7, 11) is 0. The predicted octanol–water partition coefficient (Wildman–Crippen LogP) is -1.33. The lowest BCUT2D eigenvalue weighted by atomic mass is 9.97. The van der Waals surface area contributed by atoms with E-state index in [4.69, 9.17) is 81.7 Å². The van der Waals surface area contributed by atoms with Gasteiger partial charge in [-0.05, 0) is 57.6 Å². The first-order chi connectivity index (χ1) is 41.2. The molecule has 0 rings (SSSR count). The molecule has 37 heteroatoms. The summed E-state index contributed by atoms with van der Waals surface area (Å²) in [6, 6.07) is 0. The summed E-state index contributed by atoms with van der Waals surface area (Å²) in [5.74, 6) is -12.6. The maximum absolute atomic E-state index is 10.3. The van der Waals surface area contributed by atoms with Crippen LogP contribution in [0.4, 0.5) is 0 Å². The molecule has 0 aliphatic rings. The Morgan fingerprint density at radius 3 is 1.07 bits per heavy atom. The van der Waals surface area contributed by atoms with Crippen molar-refractivity contribution in [2.75, 3.05) is 0 Å². The van der Waals surface area contributed by atoms with Crippen molar-refractivity contribution in [3.8, 4) is 0 Å². The zero-order valence-electron chi connectivity index (χ0n) is 48.1. The summed E-state index contributed by atoms with van der Waals surface area (Å²) in [6.45, 7) is 6.54. The molecule has 0 aliphatic heterocycles. The van der Waals surface area contributed by atoms with Crippen molar-refractivity contribution in [3.63, 3.8) is 0 Å². The molecule has 0 bridgehead atoms. The zero-order chi connectivity index (χ0) is 72.4. The van der Waals surface area contributed by atoms with Crippen molar-refractivity contribution >= 4 is 129 Å². The summed E-state index contributed by atoms with van der Waals surface area (Å²) >= 11 is 0. The van der Waals surface area contributed by atoms with Crippen molar-refractivity contribution in [1.29, 1.82) is 0 Å². The van der Waals surface area contributed by atoms with Crippen molar-refractivity contribution in [1.82, 2.24) is 0 Å². The molecule has 0 fully saturated rings. The number of unbranched alkanes of at least 4 members (excludes halogenated alkanes) is 5. The minimum atomic E-state index is -2.48. The van der Waals surface area contributed by atoms with Crippen LogP contribution < -0.4 is 0 Å². The molecule has 0 aromatic carbocycles. The van der Waals surface area contributed by atoms with Gasteiger partial charge in [0, 0.05) is 50.7 Å². The number of aliphatic hydroxyl groups is 5. The number of rotatable bonds is 36. The number of carboxylic acid groups (broad SMARTS) is 11. The van der Waals surface area contributed by atoms with Crippen LogP contribution >= 0.6 is 0 Å². The van der Waals surface area contributed by atoms with Gasteiger partial charge in [0.05, 0.1) is 25.7 Å². The van der Waals surface area contributed by atoms with Crippen LogP contribution in [0, 0.1) is 0 Å². The molecule has 0 amide bonds. The van der Waals surface area contributed by atoms with Crippen LogP contribution in [0.5, 0.6) is 0 Å². The molecule has 0 aliphatic carbocycles. The first-order valence-corrected chi connectivity index (χ1v) is 24.5. The van der Waals surface area contributed by atoms with Crippen LogP contribution in [0.2, 0.25) is 0 Å². The highest BCUT2D eigenvalue weighted by Crippen LogP contribution is 2.14. The molecule has 0 aromatic heterocycles. The van der Waals surface area contributed by atoms with E-state index in [0.717, 1.165) is 56.3 Å². The Morgan fingerprint density at radius 2 is 0.888 bits per heavy atom. The van der Waals surface area contributed by atoms with Crippen molar-refractivity contribution in [3.05, 3.63) is 37.0 Å². The van der Waals surface area contributed by atoms with Gasteiger partial charge in [-0.2, -0.15) is 0 Å². The lowest BCUT2D eigenvalue weighted by Crippen LogP contribution is -2.41. The smallest absolute Gasteiger partial charge is 0.336 e. The summed E-state index contributed by atoms with van der Waals surface area (Å²) < 4.78 is 0. The Morgan fingerprint density at radius 1 is 0.472 bits per heavy atom. The highest BCUT2D eigenvalue weighted by Gasteiger charge is 2.38. The third-order valence-corrected chi connectivity index (χ3v) is 7.52. The third-order valence-electron chi connectivity index (χ3n) is 7.52. The Labute approximate surface area is 505 Å². The second-order valence-electron chi connectivity index (χ2n) is 15.5. The fourth-order valence-electron chi connectivity index (χ4n) is 3.30. The van der Waals surface area contributed by atoms with Crippen LogP contribution in [0.3, 0.4) is 0 Å². The summed E-state index contributed by atoms with van der Waals surface area (Å²) in [6.07, 6.45) is 8.41. The minimum absolute atomic E-state index is 0.0521. The van der Waals surface area contributed by atoms with Crippen LogP contribution in [0.25, 0.3) is 0 Å². The minimum Gasteiger partial charge on any atom is -0.481 e. The molecule has 0 radical (unpaired) electrons. The molecule has 0 aromatic rings. The molecule has 5 unspecified atom stereocenters. The van der Waals surface area contributed by atoms with E-state index in [1.807, 2.05) is 6.08 Å². The Hall–Kier alpha value is -10.1. The molecule has 16 N–H and O–H groups in total. The number of carboxylic acids is 11. The molecular weight excluding hydrogens is 1220 g/mol. The molecule has 0 heterocycles. The molecule has 5 atom stereocenters. The Bertz CT molecular complexity index is 2120. The topological polar surface area (TPSA) is 682 Å². The van der Waals surface area contributed by atoms with E-state index in [9.17, 15) is 101 Å². The second kappa shape index (κ2) is 77.9. The number of allylic oxidation sites excluding steroid dienone is 3. The molecule has 0 saturated carbocycles. The highest BCUT2D eigenvalue weighted by atomic mass is 16.4. The normalized spacial score (nSPS) is 11.3. The Kier molecular flexibility index (Phi) is 90.9. The molecule has 0 saturated heterocycles. The first-order valence-electron chi connectivity index (χ1n) is 24.5. The van der Waals surface area contributed by atoms with E-state index in [-0.39, 0.29) is 57.4 Å². The van der Waals surface area contributed by atoms with E-state index in [2.05, 4.69) is 6.58 Å². The van der Waals surface area contributed by atoms with Gasteiger partial charge in [-0.15, -0.1) is 6.58 Å². The number of aliphatic hydroxyl groups excluding tert-OH is 3. The monoisotopic (exact) mass is 1290 g/mol. The molecule has 89 heavy (non-hydrogen) atoms. The van der Waals surface area contributed by atoms with Crippen molar-refractivity contribution in [2.45, 2.75) is 159 Å². The number of aldehydes is 10. The third kappa shape index (κ3) is 129. The number of hydrogen-bond acceptors (Lipinski definition) is 26. The first kappa shape index (κ1) is 104. The largest absolute Gasteiger partial charge is 0.481 e. The fraction of sp³-hybridized carbons (Fsp3) is 0.481. The van der Waals surface area contributed by atoms with Crippen LogP contribution in [-0.2, 0) is 101 Å². The Balaban J connectivity index is -0.0000000841. The van der Waals surface area contributed by atoms with Gasteiger partial charge >= 0.3 is 65.7 Å². The lowest BCUT2D eigenvalue weighted by Gasteiger charge is -2.17. The van der Waals surface area contributed by atoms with Crippen molar-refractivity contribution in [2.24, 2.45) is 0 Å². The van der Waals surface area contributed by atoms with Gasteiger partial charge in [-0.25, -0.2) is 19.2 Å². The predicted molar refractivity (Wildman–Crippen MR) is 295 cm³/mol. The van der Waals surface area contributed by atoms with Gasteiger partial charge in [-0.1, -0.05) is 19.4 Å². The highest BCUT2D eigenvalue weighted by molar-refractivity contribution is 5.87. The van der Waals surface area contributed by atoms with Gasteiger partial charge in [0.15, 0.2) is 18.0 Å². The number of aliphatic carboxylic acids is 11. The molecule has 0 spiro atoms. The lowest BCUT2D eigenvalue weighted by molar-refractivity contribution is -0.166. The SMILES string of the molecule is C=CCCCCCC(=O)O.CC(O)C=O.CCC(O)(C=O)CC(=O)O.O=C/C=C/C(=O)O.O=C/C=C\C(=O)O.O=CC(O)CC(=O)O.O=CCC(=O)O.O=CCC(O)(CC(=O)O)C(=O)O.O=CCC(O)C(=O)O.O=CCCC(=O)O.O=CCCCCC(=O)O. The van der Waals surface area contributed by atoms with E-state index in [0.29, 0.717) is 63.4 Å². The van der Waals surface area contributed by atoms with E-state index in [1.165, 1.54) is 6.92 Å². The maximum atomic E-state index is 10.3. The quantitative estimate of drug-likeness (QED) is 0.0114. The average Bonchev–Trinajstić information content (AvgIpc) is 3.06. The molecule has 37 nitrogen and oxygen atoms in total. The average molecular weight is 1300 g/mol. The standard InChI is InChI=1S/C8H14O2.C6H8O6.C6H10O4.C6H10O3.2C4H6O4.C4H6O3.2C4H4O3.C3H4O3.C3H6O2/c1-2-3-4-5-6-7-8(9)10;7-2-1-6(12,5(10)11)3-4(8)9;1-2-6(10,4-7)3-5(8)9;7-5-3-1-2-4-6(8)9;5-2-3(6)1-4(7)8;5-2-1-3(6)4(7)8;3*5-3-1-2-4(6)7;4-2-1-3(5)6;1-3(5)2-4/h2H,1,3-7H2,(H,9,10);2,12H,1,3H2,(H,8,9)(H,10,11);4,10H,2-3H2,1H3,(H,8,9);5H,1-4H2,(H,8,9);2*2-3,6H,1H2,(H,7,8);3H,1-2H2,(H,6,7);2*1-3H,(H,6,7);2H,1H2,(H,5,6);2-3,5H,1H3/b;;;;;;;2-1+;2-1-;;. The molecular formula is C52H78O37. The van der Waals surface area contributed by atoms with Crippen LogP contribution in [0.15, 0.2) is 37.0 Å². The van der Waals surface area contributed by atoms with Gasteiger partial charge in [0.25, 0.3) is 0 Å². The summed E-state index contributed by atoms with van der Waals surface area (Å²) in [5, 5.41) is 131. The van der Waals surface area contributed by atoms with Gasteiger partial charge in [-0.3, -0.25) is 43.2 Å². The van der Waals surface area contributed by atoms with Gasteiger partial charge < -0.3 is 120 Å². The van der Waals surface area contributed by atoms with Crippen LogP contribution in [-0.4, -0.2) is 240 Å². The molecule has 508 valence electrons. The summed E-state index contributed by atoms with van der Waals surface area (Å²) in [4.78, 5) is 203. The van der Waals surface area contributed by atoms with E-state index >= 15 is 0 Å². The second-order valence-corrected chi connectivity index (χ2v) is 15.5. The maximum Gasteiger partial charge on any atom is 0.336 e. The van der Waals surface area contributed by atoms with Crippen molar-refractivity contribution < 1.29 is 182 Å². The number of carbonyl (C=O) groups is 21. The summed E-state index contributed by atoms with van der Waals surface area (Å²) in [5.41, 5.74) is -4.15.